The number of fused-ring (bicyclic) bond motifs is 1. The van der Waals surface area contributed by atoms with E-state index in [0.717, 1.165) is 37.7 Å². The Morgan fingerprint density at radius 1 is 1.23 bits per heavy atom. The molecule has 124 valence electrons. The quantitative estimate of drug-likeness (QED) is 0.579. The molecule has 1 saturated heterocycles. The molecule has 0 N–H and O–H groups in total. The molecule has 0 aromatic heterocycles. The summed E-state index contributed by atoms with van der Waals surface area (Å²) in [5, 5.41) is 0. The highest BCUT2D eigenvalue weighted by atomic mass is 16.7. The molecule has 4 heteroatoms. The van der Waals surface area contributed by atoms with Gasteiger partial charge < -0.3 is 14.2 Å². The van der Waals surface area contributed by atoms with E-state index in [4.69, 9.17) is 14.2 Å². The first kappa shape index (κ1) is 16.0. The number of allylic oxidation sites excluding steroid dienone is 1. The predicted molar refractivity (Wildman–Crippen MR) is 83.2 cm³/mol. The van der Waals surface area contributed by atoms with Crippen LogP contribution in [-0.4, -0.2) is 31.9 Å². The van der Waals surface area contributed by atoms with E-state index < -0.39 is 5.79 Å². The van der Waals surface area contributed by atoms with Crippen LogP contribution in [0.3, 0.4) is 0 Å². The normalized spacial score (nSPS) is 42.6. The van der Waals surface area contributed by atoms with Gasteiger partial charge in [-0.3, -0.25) is 4.79 Å². The second-order valence-corrected chi connectivity index (χ2v) is 7.43. The van der Waals surface area contributed by atoms with Crippen molar-refractivity contribution in [3.8, 4) is 0 Å². The van der Waals surface area contributed by atoms with E-state index >= 15 is 0 Å². The number of carbonyl (C=O) groups excluding carboxylic acids is 1. The van der Waals surface area contributed by atoms with Gasteiger partial charge in [0.1, 0.15) is 0 Å². The van der Waals surface area contributed by atoms with Crippen LogP contribution in [0.15, 0.2) is 11.8 Å². The van der Waals surface area contributed by atoms with Crippen LogP contribution in [0.5, 0.6) is 0 Å². The van der Waals surface area contributed by atoms with Crippen LogP contribution in [0.2, 0.25) is 0 Å². The molecule has 2 saturated carbocycles. The van der Waals surface area contributed by atoms with E-state index in [2.05, 4.69) is 20.8 Å². The number of hydrogen-bond donors (Lipinski definition) is 0. The molecule has 0 aromatic carbocycles. The maximum Gasteiger partial charge on any atom is 0.171 e. The molecule has 0 radical (unpaired) electrons. The Labute approximate surface area is 133 Å². The van der Waals surface area contributed by atoms with Crippen molar-refractivity contribution in [1.29, 1.82) is 0 Å². The molecule has 0 aromatic rings. The van der Waals surface area contributed by atoms with Crippen molar-refractivity contribution in [1.82, 2.24) is 0 Å². The van der Waals surface area contributed by atoms with Crippen molar-refractivity contribution in [3.63, 3.8) is 0 Å². The molecule has 1 spiro atoms. The monoisotopic (exact) mass is 308 g/mol. The molecule has 3 aliphatic rings. The lowest BCUT2D eigenvalue weighted by molar-refractivity contribution is -0.270. The molecule has 2 aliphatic carbocycles. The standard InChI is InChI=1S/C18H28O4/c1-5-14-16(2)7-6-13(12-20-4)15(19)17(16,3)8-9-18(14)21-10-11-22-18/h12,14H,5-11H2,1-4H3. The van der Waals surface area contributed by atoms with E-state index in [-0.39, 0.29) is 22.5 Å². The van der Waals surface area contributed by atoms with E-state index in [1.807, 2.05) is 0 Å². The third-order valence-corrected chi connectivity index (χ3v) is 6.68. The molecule has 22 heavy (non-hydrogen) atoms. The average molecular weight is 308 g/mol. The third-order valence-electron chi connectivity index (χ3n) is 6.68. The van der Waals surface area contributed by atoms with Crippen molar-refractivity contribution in [2.45, 2.75) is 58.7 Å². The van der Waals surface area contributed by atoms with Gasteiger partial charge in [-0.1, -0.05) is 20.8 Å². The molecule has 3 unspecified atom stereocenters. The molecule has 1 aliphatic heterocycles. The summed E-state index contributed by atoms with van der Waals surface area (Å²) in [5.41, 5.74) is 0.394. The van der Waals surface area contributed by atoms with Crippen LogP contribution in [0.1, 0.15) is 52.9 Å². The smallest absolute Gasteiger partial charge is 0.171 e. The van der Waals surface area contributed by atoms with E-state index in [1.165, 1.54) is 0 Å². The fourth-order valence-corrected chi connectivity index (χ4v) is 5.27. The Morgan fingerprint density at radius 2 is 1.91 bits per heavy atom. The Morgan fingerprint density at radius 3 is 2.50 bits per heavy atom. The van der Waals surface area contributed by atoms with Gasteiger partial charge in [0.2, 0.25) is 0 Å². The van der Waals surface area contributed by atoms with Crippen molar-refractivity contribution in [2.75, 3.05) is 20.3 Å². The molecular formula is C18H28O4. The summed E-state index contributed by atoms with van der Waals surface area (Å²) in [6.45, 7) is 7.95. The van der Waals surface area contributed by atoms with Crippen LogP contribution in [0.25, 0.3) is 0 Å². The highest BCUT2D eigenvalue weighted by molar-refractivity contribution is 6.01. The maximum absolute atomic E-state index is 13.1. The van der Waals surface area contributed by atoms with Gasteiger partial charge in [-0.2, -0.15) is 0 Å². The first-order valence-corrected chi connectivity index (χ1v) is 8.48. The van der Waals surface area contributed by atoms with E-state index in [1.54, 1.807) is 13.4 Å². The number of carbonyl (C=O) groups is 1. The van der Waals surface area contributed by atoms with Gasteiger partial charge in [0.15, 0.2) is 11.6 Å². The SMILES string of the molecule is CCC1C2(CCC3(C)C(=O)C(=COC)CCC13C)OCCO2. The van der Waals surface area contributed by atoms with Crippen LogP contribution < -0.4 is 0 Å². The van der Waals surface area contributed by atoms with Gasteiger partial charge >= 0.3 is 0 Å². The zero-order chi connectivity index (χ0) is 16.0. The summed E-state index contributed by atoms with van der Waals surface area (Å²) in [6.07, 6.45) is 6.01. The van der Waals surface area contributed by atoms with Crippen LogP contribution in [-0.2, 0) is 19.0 Å². The lowest BCUT2D eigenvalue weighted by Crippen LogP contribution is -2.62. The average Bonchev–Trinajstić information content (AvgIpc) is 2.96. The summed E-state index contributed by atoms with van der Waals surface area (Å²) in [4.78, 5) is 13.1. The van der Waals surface area contributed by atoms with Crippen molar-refractivity contribution in [2.24, 2.45) is 16.7 Å². The minimum atomic E-state index is -0.467. The topological polar surface area (TPSA) is 44.8 Å². The van der Waals surface area contributed by atoms with Crippen LogP contribution in [0, 0.1) is 16.7 Å². The minimum Gasteiger partial charge on any atom is -0.504 e. The Kier molecular flexibility index (Phi) is 3.89. The predicted octanol–water partition coefficient (Wildman–Crippen LogP) is 3.46. The largest absolute Gasteiger partial charge is 0.504 e. The fourth-order valence-electron chi connectivity index (χ4n) is 5.27. The summed E-state index contributed by atoms with van der Waals surface area (Å²) in [5.74, 6) is 0.0508. The van der Waals surface area contributed by atoms with Gasteiger partial charge in [0, 0.05) is 23.3 Å². The highest BCUT2D eigenvalue weighted by Gasteiger charge is 2.66. The van der Waals surface area contributed by atoms with Crippen LogP contribution in [0.4, 0.5) is 0 Å². The first-order chi connectivity index (χ1) is 10.4. The molecule has 0 amide bonds. The van der Waals surface area contributed by atoms with Gasteiger partial charge in [-0.25, -0.2) is 0 Å². The summed E-state index contributed by atoms with van der Waals surface area (Å²) in [7, 11) is 1.61. The van der Waals surface area contributed by atoms with Gasteiger partial charge in [0.05, 0.1) is 26.6 Å². The number of hydrogen-bond acceptors (Lipinski definition) is 4. The molecule has 3 fully saturated rings. The number of Topliss-reactive ketones (excluding diaryl/α,β-unsaturated/α-hetero) is 1. The zero-order valence-corrected chi connectivity index (χ0v) is 14.2. The van der Waals surface area contributed by atoms with Crippen LogP contribution >= 0.6 is 0 Å². The summed E-state index contributed by atoms with van der Waals surface area (Å²) in [6, 6.07) is 0. The number of ether oxygens (including phenoxy) is 3. The molecule has 1 heterocycles. The van der Waals surface area contributed by atoms with Crippen molar-refractivity contribution >= 4 is 5.78 Å². The zero-order valence-electron chi connectivity index (χ0n) is 14.2. The number of ketones is 1. The van der Waals surface area contributed by atoms with E-state index in [0.29, 0.717) is 13.2 Å². The Hall–Kier alpha value is -0.870. The van der Waals surface area contributed by atoms with Crippen molar-refractivity contribution in [3.05, 3.63) is 11.8 Å². The highest BCUT2D eigenvalue weighted by Crippen LogP contribution is 2.65. The van der Waals surface area contributed by atoms with Gasteiger partial charge in [0.25, 0.3) is 0 Å². The maximum atomic E-state index is 13.1. The lowest BCUT2D eigenvalue weighted by Gasteiger charge is -2.61. The number of methoxy groups -OCH3 is 1. The summed E-state index contributed by atoms with van der Waals surface area (Å²) >= 11 is 0. The van der Waals surface area contributed by atoms with Crippen molar-refractivity contribution < 1.29 is 19.0 Å². The molecule has 4 nitrogen and oxygen atoms in total. The second kappa shape index (κ2) is 5.34. The Balaban J connectivity index is 2.01. The third kappa shape index (κ3) is 1.93. The summed E-state index contributed by atoms with van der Waals surface area (Å²) < 4.78 is 17.3. The fraction of sp³-hybridized carbons (Fsp3) is 0.833. The van der Waals surface area contributed by atoms with E-state index in [9.17, 15) is 4.79 Å². The van der Waals surface area contributed by atoms with Gasteiger partial charge in [-0.05, 0) is 31.1 Å². The first-order valence-electron chi connectivity index (χ1n) is 8.48. The molecule has 0 bridgehead atoms. The molecule has 3 rings (SSSR count). The van der Waals surface area contributed by atoms with Gasteiger partial charge in [-0.15, -0.1) is 0 Å². The molecule has 3 atom stereocenters. The second-order valence-electron chi connectivity index (χ2n) is 7.43. The Bertz CT molecular complexity index is 491. The minimum absolute atomic E-state index is 0.0908. The molecular weight excluding hydrogens is 280 g/mol. The lowest BCUT2D eigenvalue weighted by atomic mass is 9.45. The number of rotatable bonds is 2.